The van der Waals surface area contributed by atoms with E-state index in [2.05, 4.69) is 41.5 Å². The Balaban J connectivity index is 1.90. The van der Waals surface area contributed by atoms with Crippen molar-refractivity contribution in [3.05, 3.63) is 42.0 Å². The normalized spacial score (nSPS) is 38.2. The number of hydrogen-bond acceptors (Lipinski definition) is 2. The molecule has 2 aliphatic heterocycles. The maximum atomic E-state index is 4.21. The van der Waals surface area contributed by atoms with Crippen LogP contribution in [0, 0.1) is 0 Å². The number of para-hydroxylation sites is 1. The summed E-state index contributed by atoms with van der Waals surface area (Å²) in [5, 5.41) is 7.42. The summed E-state index contributed by atoms with van der Waals surface area (Å²) in [6.07, 6.45) is 3.54. The van der Waals surface area contributed by atoms with E-state index in [1.807, 2.05) is 0 Å². The molecule has 1 saturated carbocycles. The Labute approximate surface area is 102 Å². The number of fused-ring (bicyclic) bond motifs is 1. The van der Waals surface area contributed by atoms with Crippen LogP contribution < -0.4 is 10.6 Å². The van der Waals surface area contributed by atoms with Crippen LogP contribution in [0.3, 0.4) is 0 Å². The molecule has 2 N–H and O–H groups in total. The second-order valence-corrected chi connectivity index (χ2v) is 5.70. The van der Waals surface area contributed by atoms with E-state index in [0.717, 1.165) is 19.4 Å². The molecule has 0 bridgehead atoms. The molecule has 2 heteroatoms. The maximum Gasteiger partial charge on any atom is 0.0411 e. The van der Waals surface area contributed by atoms with Gasteiger partial charge in [-0.2, -0.15) is 0 Å². The molecule has 0 aromatic heterocycles. The first-order valence-electron chi connectivity index (χ1n) is 6.57. The Kier molecular flexibility index (Phi) is 1.79. The van der Waals surface area contributed by atoms with Gasteiger partial charge in [-0.25, -0.2) is 0 Å². The molecule has 1 saturated heterocycles. The lowest BCUT2D eigenvalue weighted by molar-refractivity contribution is 0.295. The van der Waals surface area contributed by atoms with E-state index in [1.165, 1.54) is 23.2 Å². The van der Waals surface area contributed by atoms with Crippen molar-refractivity contribution in [2.75, 3.05) is 11.9 Å². The van der Waals surface area contributed by atoms with Crippen LogP contribution in [0.4, 0.5) is 5.69 Å². The fourth-order valence-electron chi connectivity index (χ4n) is 4.22. The first kappa shape index (κ1) is 9.72. The SMILES string of the molecule is C=C1C[C@@H]2Nc3ccccc3[C@@]23CCN[C@@H]3C1. The van der Waals surface area contributed by atoms with Gasteiger partial charge >= 0.3 is 0 Å². The summed E-state index contributed by atoms with van der Waals surface area (Å²) < 4.78 is 0. The number of rotatable bonds is 0. The summed E-state index contributed by atoms with van der Waals surface area (Å²) in [5.41, 5.74) is 4.61. The minimum absolute atomic E-state index is 0.331. The molecule has 88 valence electrons. The van der Waals surface area contributed by atoms with Crippen molar-refractivity contribution in [1.29, 1.82) is 0 Å². The minimum atomic E-state index is 0.331. The van der Waals surface area contributed by atoms with Gasteiger partial charge < -0.3 is 10.6 Å². The Morgan fingerprint density at radius 1 is 1.18 bits per heavy atom. The third kappa shape index (κ3) is 1.09. The quantitative estimate of drug-likeness (QED) is 0.664. The Bertz CT molecular complexity index is 493. The van der Waals surface area contributed by atoms with Crippen LogP contribution in [0.15, 0.2) is 36.4 Å². The largest absolute Gasteiger partial charge is 0.381 e. The molecule has 3 aliphatic rings. The predicted octanol–water partition coefficient (Wildman–Crippen LogP) is 2.43. The summed E-state index contributed by atoms with van der Waals surface area (Å²) in [6.45, 7) is 5.36. The Hall–Kier alpha value is -1.28. The average Bonchev–Trinajstić information content (AvgIpc) is 2.86. The van der Waals surface area contributed by atoms with E-state index in [9.17, 15) is 0 Å². The molecular formula is C15H18N2. The third-order valence-corrected chi connectivity index (χ3v) is 4.92. The van der Waals surface area contributed by atoms with E-state index in [0.29, 0.717) is 17.5 Å². The molecule has 17 heavy (non-hydrogen) atoms. The average molecular weight is 226 g/mol. The molecule has 2 fully saturated rings. The number of hydrogen-bond donors (Lipinski definition) is 2. The van der Waals surface area contributed by atoms with Gasteiger partial charge in [-0.05, 0) is 37.4 Å². The van der Waals surface area contributed by atoms with Gasteiger partial charge in [0.25, 0.3) is 0 Å². The second kappa shape index (κ2) is 3.14. The van der Waals surface area contributed by atoms with Gasteiger partial charge in [-0.15, -0.1) is 0 Å². The van der Waals surface area contributed by atoms with E-state index >= 15 is 0 Å². The Morgan fingerprint density at radius 3 is 2.94 bits per heavy atom. The predicted molar refractivity (Wildman–Crippen MR) is 70.3 cm³/mol. The van der Waals surface area contributed by atoms with Crippen molar-refractivity contribution in [3.63, 3.8) is 0 Å². The van der Waals surface area contributed by atoms with E-state index < -0.39 is 0 Å². The molecule has 2 nitrogen and oxygen atoms in total. The fourth-order valence-corrected chi connectivity index (χ4v) is 4.22. The van der Waals surface area contributed by atoms with E-state index in [-0.39, 0.29) is 0 Å². The van der Waals surface area contributed by atoms with Crippen LogP contribution in [-0.4, -0.2) is 18.6 Å². The third-order valence-electron chi connectivity index (χ3n) is 4.92. The lowest BCUT2D eigenvalue weighted by atomic mass is 9.64. The first-order chi connectivity index (χ1) is 8.30. The molecule has 1 spiro atoms. The van der Waals surface area contributed by atoms with Crippen LogP contribution in [0.2, 0.25) is 0 Å². The molecular weight excluding hydrogens is 208 g/mol. The molecule has 0 radical (unpaired) electrons. The van der Waals surface area contributed by atoms with Gasteiger partial charge in [0.2, 0.25) is 0 Å². The van der Waals surface area contributed by atoms with Crippen molar-refractivity contribution in [2.24, 2.45) is 0 Å². The zero-order chi connectivity index (χ0) is 11.5. The monoisotopic (exact) mass is 226 g/mol. The van der Waals surface area contributed by atoms with Gasteiger partial charge in [-0.1, -0.05) is 30.4 Å². The molecule has 0 unspecified atom stereocenters. The topological polar surface area (TPSA) is 24.1 Å². The van der Waals surface area contributed by atoms with Crippen molar-refractivity contribution < 1.29 is 0 Å². The summed E-state index contributed by atoms with van der Waals surface area (Å²) in [5.74, 6) is 0. The summed E-state index contributed by atoms with van der Waals surface area (Å²) >= 11 is 0. The van der Waals surface area contributed by atoms with E-state index in [4.69, 9.17) is 0 Å². The Morgan fingerprint density at radius 2 is 2.00 bits per heavy atom. The highest BCUT2D eigenvalue weighted by atomic mass is 15.1. The standard InChI is InChI=1S/C15H18N2/c1-10-8-13-15(6-7-16-13)11-4-2-3-5-12(11)17-14(15)9-10/h2-5,13-14,16-17H,1,6-9H2/t13-,14+,15-/m1/s1. The summed E-state index contributed by atoms with van der Waals surface area (Å²) in [6, 6.07) is 9.99. The summed E-state index contributed by atoms with van der Waals surface area (Å²) in [7, 11) is 0. The van der Waals surface area contributed by atoms with Gasteiger partial charge in [0.05, 0.1) is 0 Å². The fraction of sp³-hybridized carbons (Fsp3) is 0.467. The van der Waals surface area contributed by atoms with Gasteiger partial charge in [0.15, 0.2) is 0 Å². The van der Waals surface area contributed by atoms with Crippen LogP contribution in [0.1, 0.15) is 24.8 Å². The maximum absolute atomic E-state index is 4.21. The lowest BCUT2D eigenvalue weighted by Gasteiger charge is -2.42. The highest BCUT2D eigenvalue weighted by Gasteiger charge is 2.56. The van der Waals surface area contributed by atoms with Crippen LogP contribution >= 0.6 is 0 Å². The second-order valence-electron chi connectivity index (χ2n) is 5.70. The molecule has 3 atom stereocenters. The van der Waals surface area contributed by atoms with Crippen LogP contribution in [0.25, 0.3) is 0 Å². The van der Waals surface area contributed by atoms with Crippen molar-refractivity contribution in [1.82, 2.24) is 5.32 Å². The van der Waals surface area contributed by atoms with Crippen molar-refractivity contribution in [2.45, 2.75) is 36.8 Å². The van der Waals surface area contributed by atoms with Gasteiger partial charge in [-0.3, -0.25) is 0 Å². The van der Waals surface area contributed by atoms with Crippen LogP contribution in [-0.2, 0) is 5.41 Å². The molecule has 1 aromatic rings. The zero-order valence-electron chi connectivity index (χ0n) is 10.00. The highest BCUT2D eigenvalue weighted by Crippen LogP contribution is 2.53. The van der Waals surface area contributed by atoms with E-state index in [1.54, 1.807) is 0 Å². The number of anilines is 1. The molecule has 4 rings (SSSR count). The molecule has 1 aliphatic carbocycles. The lowest BCUT2D eigenvalue weighted by Crippen LogP contribution is -2.51. The number of nitrogens with one attached hydrogen (secondary N) is 2. The van der Waals surface area contributed by atoms with Gasteiger partial charge in [0, 0.05) is 23.2 Å². The first-order valence-corrected chi connectivity index (χ1v) is 6.57. The highest BCUT2D eigenvalue weighted by molar-refractivity contribution is 5.64. The molecule has 0 amide bonds. The smallest absolute Gasteiger partial charge is 0.0411 e. The number of benzene rings is 1. The zero-order valence-corrected chi connectivity index (χ0v) is 10.00. The molecule has 2 heterocycles. The van der Waals surface area contributed by atoms with Crippen LogP contribution in [0.5, 0.6) is 0 Å². The summed E-state index contributed by atoms with van der Waals surface area (Å²) in [4.78, 5) is 0. The minimum Gasteiger partial charge on any atom is -0.381 e. The van der Waals surface area contributed by atoms with Crippen molar-refractivity contribution >= 4 is 5.69 Å². The van der Waals surface area contributed by atoms with Crippen molar-refractivity contribution in [3.8, 4) is 0 Å². The molecule has 1 aromatic carbocycles. The van der Waals surface area contributed by atoms with Gasteiger partial charge in [0.1, 0.15) is 0 Å².